The summed E-state index contributed by atoms with van der Waals surface area (Å²) in [4.78, 5) is 4.46. The number of oxazole rings is 1. The van der Waals surface area contributed by atoms with E-state index in [9.17, 15) is 0 Å². The van der Waals surface area contributed by atoms with Crippen molar-refractivity contribution in [1.82, 2.24) is 14.8 Å². The summed E-state index contributed by atoms with van der Waals surface area (Å²) in [6.07, 6.45) is 1.00. The van der Waals surface area contributed by atoms with Crippen LogP contribution in [0.5, 0.6) is 0 Å². The first-order chi connectivity index (χ1) is 9.69. The number of nitrogens with zero attached hydrogens (tertiary/aromatic N) is 3. The van der Waals surface area contributed by atoms with Gasteiger partial charge in [0, 0.05) is 6.54 Å². The average molecular weight is 288 g/mol. The molecule has 0 aliphatic heterocycles. The first-order valence-electron chi connectivity index (χ1n) is 6.55. The number of fused-ring (bicyclic) bond motifs is 1. The van der Waals surface area contributed by atoms with Crippen LogP contribution in [0.25, 0.3) is 11.1 Å². The van der Waals surface area contributed by atoms with Gasteiger partial charge in [0.2, 0.25) is 0 Å². The Morgan fingerprint density at radius 3 is 2.90 bits per heavy atom. The Labute approximate surface area is 121 Å². The van der Waals surface area contributed by atoms with E-state index in [1.807, 2.05) is 35.9 Å². The monoisotopic (exact) mass is 288 g/mol. The third-order valence-corrected chi connectivity index (χ3v) is 3.99. The molecule has 5 nitrogen and oxygen atoms in total. The summed E-state index contributed by atoms with van der Waals surface area (Å²) in [6, 6.07) is 7.71. The molecule has 0 amide bonds. The van der Waals surface area contributed by atoms with Crippen LogP contribution in [0.15, 0.2) is 38.9 Å². The van der Waals surface area contributed by atoms with Crippen LogP contribution >= 0.6 is 11.8 Å². The van der Waals surface area contributed by atoms with E-state index in [4.69, 9.17) is 10.2 Å². The molecule has 0 unspecified atom stereocenters. The van der Waals surface area contributed by atoms with Crippen molar-refractivity contribution in [2.45, 2.75) is 37.1 Å². The van der Waals surface area contributed by atoms with E-state index in [1.165, 1.54) is 11.8 Å². The molecule has 0 saturated carbocycles. The first kappa shape index (κ1) is 13.1. The maximum absolute atomic E-state index is 6.10. The van der Waals surface area contributed by atoms with E-state index in [-0.39, 0.29) is 0 Å². The molecule has 2 aromatic heterocycles. The van der Waals surface area contributed by atoms with E-state index < -0.39 is 0 Å². The molecule has 2 N–H and O–H groups in total. The molecule has 0 aliphatic rings. The molecule has 0 saturated heterocycles. The number of aromatic nitrogens is 3. The lowest BCUT2D eigenvalue weighted by atomic mass is 10.3. The molecular weight excluding hydrogens is 272 g/mol. The van der Waals surface area contributed by atoms with Gasteiger partial charge in [-0.25, -0.2) is 4.98 Å². The molecule has 0 atom stereocenters. The topological polar surface area (TPSA) is 69.9 Å². The van der Waals surface area contributed by atoms with Crippen LogP contribution in [0, 0.1) is 6.92 Å². The average Bonchev–Trinajstić information content (AvgIpc) is 2.96. The van der Waals surface area contributed by atoms with Crippen molar-refractivity contribution in [3.8, 4) is 0 Å². The number of anilines is 1. The van der Waals surface area contributed by atoms with Gasteiger partial charge in [0.05, 0.1) is 11.4 Å². The zero-order valence-electron chi connectivity index (χ0n) is 11.5. The van der Waals surface area contributed by atoms with Gasteiger partial charge in [0.25, 0.3) is 5.22 Å². The van der Waals surface area contributed by atoms with Gasteiger partial charge in [-0.15, -0.1) is 0 Å². The molecule has 2 heterocycles. The maximum atomic E-state index is 6.10. The lowest BCUT2D eigenvalue weighted by Gasteiger charge is -2.03. The Hall–Kier alpha value is -1.95. The third kappa shape index (κ3) is 2.27. The number of para-hydroxylation sites is 2. The fraction of sp³-hybridized carbons (Fsp3) is 0.286. The molecular formula is C14H16N4OS. The van der Waals surface area contributed by atoms with Crippen LogP contribution in [-0.2, 0) is 6.54 Å². The van der Waals surface area contributed by atoms with Crippen LogP contribution < -0.4 is 5.73 Å². The molecule has 0 radical (unpaired) electrons. The van der Waals surface area contributed by atoms with Gasteiger partial charge in [-0.1, -0.05) is 19.1 Å². The number of nitrogen functional groups attached to an aromatic ring is 1. The SMILES string of the molecule is CCCn1nc(C)c(N)c1Sc1nc2ccccc2o1. The van der Waals surface area contributed by atoms with Gasteiger partial charge in [0.1, 0.15) is 10.5 Å². The van der Waals surface area contributed by atoms with Crippen LogP contribution in [0.1, 0.15) is 19.0 Å². The molecule has 6 heteroatoms. The second-order valence-corrected chi connectivity index (χ2v) is 5.52. The standard InChI is InChI=1S/C14H16N4OS/c1-3-8-18-13(12(15)9(2)17-18)20-14-16-10-6-4-5-7-11(10)19-14/h4-7H,3,8,15H2,1-2H3. The number of rotatable bonds is 4. The molecule has 20 heavy (non-hydrogen) atoms. The largest absolute Gasteiger partial charge is 0.431 e. The zero-order chi connectivity index (χ0) is 14.1. The Morgan fingerprint density at radius 1 is 1.35 bits per heavy atom. The van der Waals surface area contributed by atoms with Crippen molar-refractivity contribution < 1.29 is 4.42 Å². The highest BCUT2D eigenvalue weighted by Crippen LogP contribution is 2.34. The van der Waals surface area contributed by atoms with Crippen molar-refractivity contribution in [3.63, 3.8) is 0 Å². The molecule has 3 aromatic rings. The van der Waals surface area contributed by atoms with Gasteiger partial charge >= 0.3 is 0 Å². The lowest BCUT2D eigenvalue weighted by Crippen LogP contribution is -2.01. The van der Waals surface area contributed by atoms with Crippen LogP contribution in [0.4, 0.5) is 5.69 Å². The van der Waals surface area contributed by atoms with Crippen molar-refractivity contribution in [2.24, 2.45) is 0 Å². The number of hydrogen-bond acceptors (Lipinski definition) is 5. The summed E-state index contributed by atoms with van der Waals surface area (Å²) >= 11 is 1.43. The number of nitrogens with two attached hydrogens (primary N) is 1. The quantitative estimate of drug-likeness (QED) is 0.796. The molecule has 0 spiro atoms. The summed E-state index contributed by atoms with van der Waals surface area (Å²) in [6.45, 7) is 4.86. The molecule has 0 fully saturated rings. The molecule has 104 valence electrons. The highest BCUT2D eigenvalue weighted by Gasteiger charge is 2.16. The molecule has 0 aliphatic carbocycles. The molecule has 1 aromatic carbocycles. The van der Waals surface area contributed by atoms with Gasteiger partial charge < -0.3 is 10.2 Å². The van der Waals surface area contributed by atoms with Crippen molar-refractivity contribution in [2.75, 3.05) is 5.73 Å². The van der Waals surface area contributed by atoms with Crippen LogP contribution in [-0.4, -0.2) is 14.8 Å². The Kier molecular flexibility index (Phi) is 3.40. The van der Waals surface area contributed by atoms with Crippen molar-refractivity contribution in [3.05, 3.63) is 30.0 Å². The van der Waals surface area contributed by atoms with Crippen molar-refractivity contribution in [1.29, 1.82) is 0 Å². The lowest BCUT2D eigenvalue weighted by molar-refractivity contribution is 0.486. The fourth-order valence-corrected chi connectivity index (χ4v) is 2.96. The Bertz CT molecular complexity index is 714. The number of benzene rings is 1. The first-order valence-corrected chi connectivity index (χ1v) is 7.37. The Balaban J connectivity index is 1.97. The number of aryl methyl sites for hydroxylation is 2. The minimum Gasteiger partial charge on any atom is -0.431 e. The maximum Gasteiger partial charge on any atom is 0.263 e. The van der Waals surface area contributed by atoms with Crippen LogP contribution in [0.2, 0.25) is 0 Å². The zero-order valence-corrected chi connectivity index (χ0v) is 12.3. The summed E-state index contributed by atoms with van der Waals surface area (Å²) in [5.74, 6) is 0. The third-order valence-electron chi connectivity index (χ3n) is 3.02. The van der Waals surface area contributed by atoms with Gasteiger partial charge in [-0.3, -0.25) is 4.68 Å². The normalized spacial score (nSPS) is 11.3. The van der Waals surface area contributed by atoms with Crippen LogP contribution in [0.3, 0.4) is 0 Å². The highest BCUT2D eigenvalue weighted by molar-refractivity contribution is 7.99. The minimum absolute atomic E-state index is 0.593. The predicted octanol–water partition coefficient (Wildman–Crippen LogP) is 3.48. The van der Waals surface area contributed by atoms with Crippen molar-refractivity contribution >= 4 is 28.5 Å². The second kappa shape index (κ2) is 5.20. The summed E-state index contributed by atoms with van der Waals surface area (Å²) in [5, 5.41) is 5.94. The van der Waals surface area contributed by atoms with E-state index in [0.29, 0.717) is 10.9 Å². The van der Waals surface area contributed by atoms with E-state index in [0.717, 1.165) is 34.8 Å². The summed E-state index contributed by atoms with van der Waals surface area (Å²) in [7, 11) is 0. The van der Waals surface area contributed by atoms with E-state index in [1.54, 1.807) is 0 Å². The minimum atomic E-state index is 0.593. The summed E-state index contributed by atoms with van der Waals surface area (Å²) < 4.78 is 7.65. The fourth-order valence-electron chi connectivity index (χ4n) is 2.02. The molecule has 0 bridgehead atoms. The van der Waals surface area contributed by atoms with Gasteiger partial charge in [-0.2, -0.15) is 5.10 Å². The smallest absolute Gasteiger partial charge is 0.263 e. The summed E-state index contributed by atoms with van der Waals surface area (Å²) in [5.41, 5.74) is 9.28. The molecule has 3 rings (SSSR count). The Morgan fingerprint density at radius 2 is 2.15 bits per heavy atom. The highest BCUT2D eigenvalue weighted by atomic mass is 32.2. The van der Waals surface area contributed by atoms with E-state index >= 15 is 0 Å². The predicted molar refractivity (Wildman–Crippen MR) is 79.8 cm³/mol. The number of hydrogen-bond donors (Lipinski definition) is 1. The van der Waals surface area contributed by atoms with E-state index in [2.05, 4.69) is 17.0 Å². The van der Waals surface area contributed by atoms with Gasteiger partial charge in [0.15, 0.2) is 5.58 Å². The second-order valence-electron chi connectivity index (χ2n) is 4.58. The van der Waals surface area contributed by atoms with Gasteiger partial charge in [-0.05, 0) is 37.2 Å².